The molecule has 0 aliphatic heterocycles. The van der Waals surface area contributed by atoms with Gasteiger partial charge in [-0.15, -0.1) is 0 Å². The topological polar surface area (TPSA) is 95.2 Å². The molecule has 4 aromatic rings. The van der Waals surface area contributed by atoms with Gasteiger partial charge in [-0.1, -0.05) is 6.07 Å². The van der Waals surface area contributed by atoms with Crippen molar-refractivity contribution >= 4 is 34.1 Å². The van der Waals surface area contributed by atoms with Crippen molar-refractivity contribution in [2.45, 2.75) is 6.92 Å². The van der Waals surface area contributed by atoms with Crippen LogP contribution >= 0.6 is 11.6 Å². The minimum atomic E-state index is 0.180. The first kappa shape index (κ1) is 13.7. The zero-order valence-electron chi connectivity index (χ0n) is 12.1. The van der Waals surface area contributed by atoms with Crippen LogP contribution in [0, 0.1) is 6.92 Å². The molecule has 1 aromatic carbocycles. The number of rotatable bonds is 3. The summed E-state index contributed by atoms with van der Waals surface area (Å²) in [7, 11) is 0. The highest BCUT2D eigenvalue weighted by Gasteiger charge is 2.13. The number of nitrogens with zero attached hydrogens (tertiary/aromatic N) is 4. The summed E-state index contributed by atoms with van der Waals surface area (Å²) in [5.74, 6) is 1.26. The molecular formula is C15H12ClN7. The van der Waals surface area contributed by atoms with Gasteiger partial charge in [-0.25, -0.2) is 15.0 Å². The minimum Gasteiger partial charge on any atom is -0.337 e. The van der Waals surface area contributed by atoms with Gasteiger partial charge in [0.1, 0.15) is 5.82 Å². The van der Waals surface area contributed by atoms with Crippen LogP contribution in [0.1, 0.15) is 5.56 Å². The molecule has 0 unspecified atom stereocenters. The number of anilines is 2. The normalized spacial score (nSPS) is 11.0. The molecule has 3 N–H and O–H groups in total. The molecule has 0 radical (unpaired) electrons. The molecule has 0 fully saturated rings. The smallest absolute Gasteiger partial charge is 0.224 e. The number of benzene rings is 1. The van der Waals surface area contributed by atoms with E-state index in [0.29, 0.717) is 17.3 Å². The molecular weight excluding hydrogens is 314 g/mol. The number of imidazole rings is 1. The third-order valence-corrected chi connectivity index (χ3v) is 3.57. The highest BCUT2D eigenvalue weighted by molar-refractivity contribution is 6.28. The molecule has 7 nitrogen and oxygen atoms in total. The Bertz CT molecular complexity index is 988. The van der Waals surface area contributed by atoms with Crippen LogP contribution in [0.3, 0.4) is 0 Å². The molecule has 0 atom stereocenters. The van der Waals surface area contributed by atoms with Crippen molar-refractivity contribution in [2.75, 3.05) is 5.32 Å². The molecule has 3 heterocycles. The molecule has 0 aliphatic rings. The summed E-state index contributed by atoms with van der Waals surface area (Å²) in [6, 6.07) is 7.80. The van der Waals surface area contributed by atoms with Gasteiger partial charge < -0.3 is 10.3 Å². The van der Waals surface area contributed by atoms with Crippen molar-refractivity contribution < 1.29 is 0 Å². The van der Waals surface area contributed by atoms with Gasteiger partial charge in [0.25, 0.3) is 0 Å². The number of H-pyrrole nitrogens is 2. The number of fused-ring (bicyclic) bond motifs is 1. The quantitative estimate of drug-likeness (QED) is 0.501. The van der Waals surface area contributed by atoms with Crippen LogP contribution < -0.4 is 5.32 Å². The van der Waals surface area contributed by atoms with Crippen LogP contribution in [-0.2, 0) is 0 Å². The van der Waals surface area contributed by atoms with E-state index >= 15 is 0 Å². The lowest BCUT2D eigenvalue weighted by Crippen LogP contribution is -1.95. The maximum absolute atomic E-state index is 5.81. The number of aryl methyl sites for hydroxylation is 1. The Balaban J connectivity index is 1.73. The molecule has 8 heteroatoms. The van der Waals surface area contributed by atoms with Crippen LogP contribution in [0.5, 0.6) is 0 Å². The number of aromatic nitrogens is 6. The van der Waals surface area contributed by atoms with E-state index in [1.807, 2.05) is 25.1 Å². The average molecular weight is 326 g/mol. The van der Waals surface area contributed by atoms with E-state index in [0.717, 1.165) is 22.3 Å². The Morgan fingerprint density at radius 3 is 2.96 bits per heavy atom. The summed E-state index contributed by atoms with van der Waals surface area (Å²) in [5, 5.41) is 10.4. The van der Waals surface area contributed by atoms with Crippen molar-refractivity contribution in [3.63, 3.8) is 0 Å². The Labute approximate surface area is 136 Å². The fourth-order valence-electron chi connectivity index (χ4n) is 2.34. The Morgan fingerprint density at radius 1 is 1.17 bits per heavy atom. The Morgan fingerprint density at radius 2 is 2.09 bits per heavy atom. The minimum absolute atomic E-state index is 0.180. The van der Waals surface area contributed by atoms with Gasteiger partial charge in [-0.05, 0) is 42.3 Å². The van der Waals surface area contributed by atoms with Crippen LogP contribution in [0.25, 0.3) is 22.6 Å². The zero-order valence-corrected chi connectivity index (χ0v) is 12.9. The van der Waals surface area contributed by atoms with Crippen LogP contribution in [0.4, 0.5) is 11.5 Å². The van der Waals surface area contributed by atoms with Gasteiger partial charge in [0, 0.05) is 12.4 Å². The fourth-order valence-corrected chi connectivity index (χ4v) is 2.48. The average Bonchev–Trinajstić information content (AvgIpc) is 3.13. The van der Waals surface area contributed by atoms with Crippen molar-refractivity contribution in [3.8, 4) is 11.5 Å². The molecule has 0 saturated heterocycles. The lowest BCUT2D eigenvalue weighted by atomic mass is 10.2. The van der Waals surface area contributed by atoms with E-state index in [1.165, 1.54) is 0 Å². The summed E-state index contributed by atoms with van der Waals surface area (Å²) in [6.45, 7) is 2.04. The molecule has 0 aliphatic carbocycles. The summed E-state index contributed by atoms with van der Waals surface area (Å²) >= 11 is 5.81. The monoisotopic (exact) mass is 325 g/mol. The number of hydrogen-bond acceptors (Lipinski definition) is 5. The summed E-state index contributed by atoms with van der Waals surface area (Å²) in [6.07, 6.45) is 3.32. The molecule has 0 saturated carbocycles. The lowest BCUT2D eigenvalue weighted by molar-refractivity contribution is 1.08. The molecule has 0 bridgehead atoms. The van der Waals surface area contributed by atoms with E-state index in [9.17, 15) is 0 Å². The first-order valence-corrected chi connectivity index (χ1v) is 7.33. The van der Waals surface area contributed by atoms with Gasteiger partial charge in [0.15, 0.2) is 11.5 Å². The Hall–Kier alpha value is -2.93. The second-order valence-electron chi connectivity index (χ2n) is 5.09. The number of hydrogen-bond donors (Lipinski definition) is 3. The summed E-state index contributed by atoms with van der Waals surface area (Å²) in [4.78, 5) is 15.8. The molecule has 3 aromatic heterocycles. The van der Waals surface area contributed by atoms with Crippen LogP contribution in [0.15, 0.2) is 36.7 Å². The van der Waals surface area contributed by atoms with Crippen LogP contribution in [-0.4, -0.2) is 30.1 Å². The van der Waals surface area contributed by atoms with E-state index < -0.39 is 0 Å². The maximum Gasteiger partial charge on any atom is 0.224 e. The van der Waals surface area contributed by atoms with Crippen molar-refractivity contribution in [1.29, 1.82) is 0 Å². The standard InChI is InChI=1S/C15H12ClN7/c1-8-2-3-9-10(6-8)21-14(20-9)13-11(7-18-23-13)19-12-4-5-17-15(16)22-12/h2-7H,1H3,(H,18,23)(H,20,21)(H,17,19,22). The van der Waals surface area contributed by atoms with Crippen LogP contribution in [0.2, 0.25) is 5.28 Å². The largest absolute Gasteiger partial charge is 0.337 e. The zero-order chi connectivity index (χ0) is 15.8. The number of nitrogens with one attached hydrogen (secondary N) is 3. The highest BCUT2D eigenvalue weighted by Crippen LogP contribution is 2.27. The van der Waals surface area contributed by atoms with Crippen molar-refractivity contribution in [1.82, 2.24) is 30.1 Å². The summed E-state index contributed by atoms with van der Waals surface area (Å²) in [5.41, 5.74) is 4.44. The third kappa shape index (κ3) is 2.62. The van der Waals surface area contributed by atoms with Gasteiger partial charge >= 0.3 is 0 Å². The fraction of sp³-hybridized carbons (Fsp3) is 0.0667. The second kappa shape index (κ2) is 5.36. The number of aromatic amines is 2. The van der Waals surface area contributed by atoms with Gasteiger partial charge in [0.2, 0.25) is 5.28 Å². The molecule has 114 valence electrons. The van der Waals surface area contributed by atoms with E-state index in [2.05, 4.69) is 35.5 Å². The first-order valence-electron chi connectivity index (χ1n) is 6.95. The summed E-state index contributed by atoms with van der Waals surface area (Å²) < 4.78 is 0. The maximum atomic E-state index is 5.81. The lowest BCUT2D eigenvalue weighted by Gasteiger charge is -2.03. The Kier molecular flexibility index (Phi) is 3.20. The molecule has 4 rings (SSSR count). The predicted octanol–water partition coefficient (Wildman–Crippen LogP) is 3.45. The van der Waals surface area contributed by atoms with Gasteiger partial charge in [0.05, 0.1) is 16.7 Å². The van der Waals surface area contributed by atoms with Gasteiger partial charge in [-0.3, -0.25) is 5.10 Å². The van der Waals surface area contributed by atoms with E-state index in [-0.39, 0.29) is 5.28 Å². The highest BCUT2D eigenvalue weighted by atomic mass is 35.5. The number of halogens is 1. The first-order chi connectivity index (χ1) is 11.2. The van der Waals surface area contributed by atoms with Gasteiger partial charge in [-0.2, -0.15) is 5.10 Å². The van der Waals surface area contributed by atoms with Crippen molar-refractivity contribution in [2.24, 2.45) is 0 Å². The predicted molar refractivity (Wildman–Crippen MR) is 88.7 cm³/mol. The molecule has 23 heavy (non-hydrogen) atoms. The third-order valence-electron chi connectivity index (χ3n) is 3.39. The SMILES string of the molecule is Cc1ccc2[nH]c(-c3n[nH]cc3Nc3ccnc(Cl)n3)nc2c1. The van der Waals surface area contributed by atoms with Crippen molar-refractivity contribution in [3.05, 3.63) is 47.5 Å². The van der Waals surface area contributed by atoms with E-state index in [1.54, 1.807) is 18.5 Å². The molecule has 0 amide bonds. The van der Waals surface area contributed by atoms with E-state index in [4.69, 9.17) is 11.6 Å². The second-order valence-corrected chi connectivity index (χ2v) is 5.43. The molecule has 0 spiro atoms.